The van der Waals surface area contributed by atoms with Gasteiger partial charge in [-0.2, -0.15) is 5.10 Å². The summed E-state index contributed by atoms with van der Waals surface area (Å²) in [4.78, 5) is 24.9. The molecule has 0 atom stereocenters. The first-order valence-electron chi connectivity index (χ1n) is 8.46. The molecule has 0 aliphatic rings. The maximum Gasteiger partial charge on any atom is 0.280 e. The molecule has 7 nitrogen and oxygen atoms in total. The minimum Gasteiger partial charge on any atom is -0.495 e. The predicted molar refractivity (Wildman–Crippen MR) is 109 cm³/mol. The second kappa shape index (κ2) is 8.14. The summed E-state index contributed by atoms with van der Waals surface area (Å²) in [6.07, 6.45) is 1.32. The zero-order chi connectivity index (χ0) is 20.3. The number of carbonyl (C=O) groups is 1. The van der Waals surface area contributed by atoms with Gasteiger partial charge in [0.15, 0.2) is 0 Å². The fraction of sp³-hybridized carbons (Fsp3) is 0.150. The molecule has 2 aromatic carbocycles. The number of aromatic amines is 1. The molecule has 28 heavy (non-hydrogen) atoms. The van der Waals surface area contributed by atoms with Gasteiger partial charge < -0.3 is 4.74 Å². The summed E-state index contributed by atoms with van der Waals surface area (Å²) in [5.74, 6) is 0.106. The van der Waals surface area contributed by atoms with Crippen LogP contribution in [0, 0.1) is 13.8 Å². The molecule has 3 aromatic rings. The first-order valence-corrected chi connectivity index (χ1v) is 8.84. The Balaban J connectivity index is 1.83. The number of carbonyl (C=O) groups excluding carboxylic acids is 1. The minimum absolute atomic E-state index is 0.310. The highest BCUT2D eigenvalue weighted by Gasteiger charge is 2.13. The molecular formula is C20H19ClN4O3. The number of hydrogen-bond acceptors (Lipinski definition) is 4. The van der Waals surface area contributed by atoms with Gasteiger partial charge in [0.2, 0.25) is 0 Å². The Labute approximate surface area is 166 Å². The lowest BCUT2D eigenvalue weighted by Gasteiger charge is -2.06. The highest BCUT2D eigenvalue weighted by Crippen LogP contribution is 2.26. The van der Waals surface area contributed by atoms with Crippen molar-refractivity contribution in [2.75, 3.05) is 7.11 Å². The second-order valence-corrected chi connectivity index (χ2v) is 6.59. The van der Waals surface area contributed by atoms with Crippen molar-refractivity contribution in [2.45, 2.75) is 13.8 Å². The molecule has 8 heteroatoms. The van der Waals surface area contributed by atoms with Crippen molar-refractivity contribution in [1.82, 2.24) is 15.2 Å². The quantitative estimate of drug-likeness (QED) is 0.511. The topological polar surface area (TPSA) is 88.5 Å². The van der Waals surface area contributed by atoms with Crippen molar-refractivity contribution in [1.29, 1.82) is 0 Å². The van der Waals surface area contributed by atoms with Crippen molar-refractivity contribution < 1.29 is 9.53 Å². The van der Waals surface area contributed by atoms with Crippen LogP contribution in [0.25, 0.3) is 5.69 Å². The van der Waals surface area contributed by atoms with E-state index in [0.29, 0.717) is 33.3 Å². The number of methoxy groups -OCH3 is 1. The van der Waals surface area contributed by atoms with Gasteiger partial charge >= 0.3 is 0 Å². The monoisotopic (exact) mass is 398 g/mol. The zero-order valence-electron chi connectivity index (χ0n) is 15.6. The second-order valence-electron chi connectivity index (χ2n) is 6.18. The minimum atomic E-state index is -0.351. The number of hydrogen-bond donors (Lipinski definition) is 2. The zero-order valence-corrected chi connectivity index (χ0v) is 16.4. The Morgan fingerprint density at radius 1 is 1.25 bits per heavy atom. The SMILES string of the molecule is COc1cc(-n2[nH]c(C)c(C=NNC(=O)c3cccc(C)c3)c2=O)ccc1Cl. The number of hydrazone groups is 1. The number of H-pyrrole nitrogens is 1. The highest BCUT2D eigenvalue weighted by atomic mass is 35.5. The molecule has 144 valence electrons. The van der Waals surface area contributed by atoms with Gasteiger partial charge in [-0.1, -0.05) is 29.3 Å². The van der Waals surface area contributed by atoms with Crippen molar-refractivity contribution >= 4 is 23.7 Å². The standard InChI is InChI=1S/C20H19ClN4O3/c1-12-5-4-6-14(9-12)19(26)23-22-11-16-13(2)24-25(20(16)27)15-7-8-17(21)18(10-15)28-3/h4-11,24H,1-3H3,(H,23,26). The van der Waals surface area contributed by atoms with E-state index >= 15 is 0 Å². The number of aryl methyl sites for hydroxylation is 2. The summed E-state index contributed by atoms with van der Waals surface area (Å²) in [5.41, 5.74) is 5.09. The predicted octanol–water partition coefficient (Wildman–Crippen LogP) is 3.21. The van der Waals surface area contributed by atoms with Gasteiger partial charge in [0.05, 0.1) is 29.6 Å². The van der Waals surface area contributed by atoms with E-state index in [9.17, 15) is 9.59 Å². The molecule has 1 aromatic heterocycles. The van der Waals surface area contributed by atoms with E-state index in [-0.39, 0.29) is 11.5 Å². The van der Waals surface area contributed by atoms with Crippen LogP contribution in [0.5, 0.6) is 5.75 Å². The van der Waals surface area contributed by atoms with E-state index in [4.69, 9.17) is 16.3 Å². The van der Waals surface area contributed by atoms with Crippen molar-refractivity contribution in [3.05, 3.63) is 80.2 Å². The van der Waals surface area contributed by atoms with Crippen molar-refractivity contribution in [2.24, 2.45) is 5.10 Å². The lowest BCUT2D eigenvalue weighted by atomic mass is 10.1. The molecular weight excluding hydrogens is 380 g/mol. The van der Waals surface area contributed by atoms with Crippen LogP contribution in [0.15, 0.2) is 52.4 Å². The number of benzene rings is 2. The third-order valence-corrected chi connectivity index (χ3v) is 4.46. The van der Waals surface area contributed by atoms with Crippen LogP contribution in [-0.4, -0.2) is 29.0 Å². The van der Waals surface area contributed by atoms with Crippen LogP contribution < -0.4 is 15.7 Å². The van der Waals surface area contributed by atoms with Crippen molar-refractivity contribution in [3.63, 3.8) is 0 Å². The molecule has 0 bridgehead atoms. The summed E-state index contributed by atoms with van der Waals surface area (Å²) in [6, 6.07) is 12.1. The molecule has 2 N–H and O–H groups in total. The van der Waals surface area contributed by atoms with Crippen LogP contribution >= 0.6 is 11.6 Å². The molecule has 1 heterocycles. The van der Waals surface area contributed by atoms with Crippen LogP contribution in [0.1, 0.15) is 27.2 Å². The number of aromatic nitrogens is 2. The lowest BCUT2D eigenvalue weighted by Crippen LogP contribution is -2.20. The van der Waals surface area contributed by atoms with Crippen LogP contribution in [0.2, 0.25) is 5.02 Å². The molecule has 0 fully saturated rings. The van der Waals surface area contributed by atoms with Crippen LogP contribution in [-0.2, 0) is 0 Å². The molecule has 3 rings (SSSR count). The van der Waals surface area contributed by atoms with Gasteiger partial charge in [0.1, 0.15) is 5.75 Å². The normalized spacial score (nSPS) is 11.0. The Kier molecular flexibility index (Phi) is 5.65. The summed E-state index contributed by atoms with van der Waals surface area (Å²) in [7, 11) is 1.50. The first kappa shape index (κ1) is 19.4. The van der Waals surface area contributed by atoms with E-state index in [2.05, 4.69) is 15.6 Å². The highest BCUT2D eigenvalue weighted by molar-refractivity contribution is 6.32. The van der Waals surface area contributed by atoms with E-state index in [1.807, 2.05) is 13.0 Å². The fourth-order valence-electron chi connectivity index (χ4n) is 2.69. The number of amides is 1. The van der Waals surface area contributed by atoms with Gasteiger partial charge in [0.25, 0.3) is 11.5 Å². The Morgan fingerprint density at radius 2 is 2.04 bits per heavy atom. The summed E-state index contributed by atoms with van der Waals surface area (Å²) in [5, 5.41) is 7.35. The summed E-state index contributed by atoms with van der Waals surface area (Å²) < 4.78 is 6.55. The van der Waals surface area contributed by atoms with Crippen LogP contribution in [0.4, 0.5) is 0 Å². The summed E-state index contributed by atoms with van der Waals surface area (Å²) in [6.45, 7) is 3.65. The van der Waals surface area contributed by atoms with E-state index in [1.54, 1.807) is 43.3 Å². The maximum atomic E-state index is 12.7. The molecule has 0 aliphatic heterocycles. The number of rotatable bonds is 5. The number of ether oxygens (including phenoxy) is 1. The van der Waals surface area contributed by atoms with E-state index in [0.717, 1.165) is 5.56 Å². The maximum absolute atomic E-state index is 12.7. The van der Waals surface area contributed by atoms with Gasteiger partial charge in [-0.15, -0.1) is 0 Å². The molecule has 0 saturated heterocycles. The van der Waals surface area contributed by atoms with Gasteiger partial charge in [-0.3, -0.25) is 14.7 Å². The van der Waals surface area contributed by atoms with Crippen molar-refractivity contribution in [3.8, 4) is 11.4 Å². The van der Waals surface area contributed by atoms with Gasteiger partial charge in [-0.05, 0) is 38.1 Å². The Bertz CT molecular complexity index is 1110. The van der Waals surface area contributed by atoms with Gasteiger partial charge in [-0.25, -0.2) is 10.1 Å². The van der Waals surface area contributed by atoms with Crippen LogP contribution in [0.3, 0.4) is 0 Å². The molecule has 0 aliphatic carbocycles. The molecule has 0 saturated carbocycles. The summed E-state index contributed by atoms with van der Waals surface area (Å²) >= 11 is 6.03. The Hall–Kier alpha value is -3.32. The van der Waals surface area contributed by atoms with E-state index in [1.165, 1.54) is 18.0 Å². The number of nitrogens with zero attached hydrogens (tertiary/aromatic N) is 2. The molecule has 0 radical (unpaired) electrons. The van der Waals surface area contributed by atoms with Gasteiger partial charge in [0, 0.05) is 17.3 Å². The molecule has 1 amide bonds. The third-order valence-electron chi connectivity index (χ3n) is 4.15. The number of halogens is 1. The smallest absolute Gasteiger partial charge is 0.280 e. The van der Waals surface area contributed by atoms with E-state index < -0.39 is 0 Å². The molecule has 0 spiro atoms. The average Bonchev–Trinajstić information content (AvgIpc) is 2.96. The number of nitrogens with one attached hydrogen (secondary N) is 2. The molecule has 0 unspecified atom stereocenters. The Morgan fingerprint density at radius 3 is 2.75 bits per heavy atom. The fourth-order valence-corrected chi connectivity index (χ4v) is 2.88. The average molecular weight is 399 g/mol. The lowest BCUT2D eigenvalue weighted by molar-refractivity contribution is 0.0955. The first-order chi connectivity index (χ1) is 13.4. The third kappa shape index (κ3) is 3.99. The largest absolute Gasteiger partial charge is 0.495 e.